The van der Waals surface area contributed by atoms with Gasteiger partial charge in [0.25, 0.3) is 15.9 Å². The molecule has 0 bridgehead atoms. The van der Waals surface area contributed by atoms with Crippen molar-refractivity contribution in [1.29, 1.82) is 0 Å². The van der Waals surface area contributed by atoms with Gasteiger partial charge in [0.1, 0.15) is 10.6 Å². The lowest BCUT2D eigenvalue weighted by atomic mass is 10.2. The van der Waals surface area contributed by atoms with Gasteiger partial charge in [0.2, 0.25) is 0 Å². The topological polar surface area (TPSA) is 88.6 Å². The lowest BCUT2D eigenvalue weighted by Crippen LogP contribution is -2.26. The van der Waals surface area contributed by atoms with E-state index >= 15 is 0 Å². The Morgan fingerprint density at radius 3 is 2.53 bits per heavy atom. The van der Waals surface area contributed by atoms with Crippen molar-refractivity contribution in [2.75, 3.05) is 18.9 Å². The van der Waals surface area contributed by atoms with Crippen LogP contribution in [0.15, 0.2) is 76.4 Å². The van der Waals surface area contributed by atoms with Crippen molar-refractivity contribution < 1.29 is 17.9 Å². The van der Waals surface area contributed by atoms with Crippen LogP contribution in [0.25, 0.3) is 0 Å². The number of carbonyl (C=O) groups is 1. The molecular formula is C21H20BrN3O4S. The number of rotatable bonds is 7. The average molecular weight is 490 g/mol. The van der Waals surface area contributed by atoms with Crippen molar-refractivity contribution in [2.24, 2.45) is 0 Å². The van der Waals surface area contributed by atoms with E-state index in [1.807, 2.05) is 6.07 Å². The molecule has 9 heteroatoms. The van der Waals surface area contributed by atoms with Crippen LogP contribution in [0.3, 0.4) is 0 Å². The minimum Gasteiger partial charge on any atom is -0.495 e. The average Bonchev–Trinajstić information content (AvgIpc) is 2.75. The van der Waals surface area contributed by atoms with Crippen LogP contribution in [-0.4, -0.2) is 38.4 Å². The summed E-state index contributed by atoms with van der Waals surface area (Å²) in [6, 6.07) is 14.7. The number of pyridine rings is 1. The molecule has 1 heterocycles. The van der Waals surface area contributed by atoms with Crippen molar-refractivity contribution in [1.82, 2.24) is 9.88 Å². The maximum Gasteiger partial charge on any atom is 0.265 e. The number of aromatic nitrogens is 1. The lowest BCUT2D eigenvalue weighted by Gasteiger charge is -2.18. The third-order valence-electron chi connectivity index (χ3n) is 4.29. The van der Waals surface area contributed by atoms with E-state index in [9.17, 15) is 13.2 Å². The van der Waals surface area contributed by atoms with Gasteiger partial charge in [-0.2, -0.15) is 0 Å². The fourth-order valence-corrected chi connectivity index (χ4v) is 4.32. The fourth-order valence-electron chi connectivity index (χ4n) is 2.81. The minimum absolute atomic E-state index is 0.117. The molecule has 0 unspecified atom stereocenters. The van der Waals surface area contributed by atoms with E-state index in [4.69, 9.17) is 4.74 Å². The van der Waals surface area contributed by atoms with Crippen LogP contribution in [0, 0.1) is 0 Å². The van der Waals surface area contributed by atoms with Gasteiger partial charge >= 0.3 is 0 Å². The Hall–Kier alpha value is -2.91. The Morgan fingerprint density at radius 2 is 1.90 bits per heavy atom. The van der Waals surface area contributed by atoms with Crippen molar-refractivity contribution in [3.8, 4) is 5.75 Å². The van der Waals surface area contributed by atoms with Gasteiger partial charge in [-0.3, -0.25) is 14.5 Å². The van der Waals surface area contributed by atoms with E-state index < -0.39 is 10.0 Å². The van der Waals surface area contributed by atoms with E-state index in [-0.39, 0.29) is 22.1 Å². The van der Waals surface area contributed by atoms with E-state index in [0.717, 1.165) is 10.0 Å². The molecule has 2 aromatic carbocycles. The number of hydrogen-bond donors (Lipinski definition) is 1. The number of methoxy groups -OCH3 is 1. The molecule has 0 saturated carbocycles. The van der Waals surface area contributed by atoms with Crippen LogP contribution in [-0.2, 0) is 16.6 Å². The molecule has 7 nitrogen and oxygen atoms in total. The largest absolute Gasteiger partial charge is 0.495 e. The molecule has 1 aromatic heterocycles. The van der Waals surface area contributed by atoms with Gasteiger partial charge in [0, 0.05) is 41.7 Å². The third-order valence-corrected chi connectivity index (χ3v) is 6.22. The number of carbonyl (C=O) groups excluding carboxylic acids is 1. The number of nitrogens with zero attached hydrogens (tertiary/aromatic N) is 2. The molecule has 0 spiro atoms. The maximum atomic E-state index is 13.0. The SMILES string of the molecule is COc1ccc(C(=O)N(C)Cc2cccnc2)cc1S(=O)(=O)Nc1ccc(Br)cc1. The fraction of sp³-hybridized carbons (Fsp3) is 0.143. The van der Waals surface area contributed by atoms with E-state index in [1.165, 1.54) is 24.1 Å². The summed E-state index contributed by atoms with van der Waals surface area (Å²) in [6.07, 6.45) is 3.33. The molecule has 3 rings (SSSR count). The zero-order chi connectivity index (χ0) is 21.7. The summed E-state index contributed by atoms with van der Waals surface area (Å²) in [7, 11) is -0.955. The Balaban J connectivity index is 1.88. The van der Waals surface area contributed by atoms with Crippen LogP contribution in [0.4, 0.5) is 5.69 Å². The zero-order valence-corrected chi connectivity index (χ0v) is 18.8. The molecule has 1 amide bonds. The number of nitrogens with one attached hydrogen (secondary N) is 1. The summed E-state index contributed by atoms with van der Waals surface area (Å²) in [6.45, 7) is 0.345. The van der Waals surface area contributed by atoms with Gasteiger partial charge in [-0.25, -0.2) is 8.42 Å². The number of hydrogen-bond acceptors (Lipinski definition) is 5. The second-order valence-electron chi connectivity index (χ2n) is 6.50. The third kappa shape index (κ3) is 5.17. The molecule has 0 aliphatic carbocycles. The first kappa shape index (κ1) is 21.8. The molecule has 0 saturated heterocycles. The molecule has 3 aromatic rings. The van der Waals surface area contributed by atoms with Gasteiger partial charge in [0.15, 0.2) is 0 Å². The summed E-state index contributed by atoms with van der Waals surface area (Å²) < 4.78 is 34.5. The van der Waals surface area contributed by atoms with Crippen LogP contribution < -0.4 is 9.46 Å². The van der Waals surface area contributed by atoms with Gasteiger partial charge in [-0.15, -0.1) is 0 Å². The number of anilines is 1. The molecule has 0 radical (unpaired) electrons. The first-order valence-electron chi connectivity index (χ1n) is 8.91. The van der Waals surface area contributed by atoms with Gasteiger partial charge in [-0.1, -0.05) is 22.0 Å². The Morgan fingerprint density at radius 1 is 1.17 bits per heavy atom. The second-order valence-corrected chi connectivity index (χ2v) is 9.07. The smallest absolute Gasteiger partial charge is 0.265 e. The van der Waals surface area contributed by atoms with Crippen LogP contribution >= 0.6 is 15.9 Å². The lowest BCUT2D eigenvalue weighted by molar-refractivity contribution is 0.0784. The Kier molecular flexibility index (Phi) is 6.73. The number of sulfonamides is 1. The number of amides is 1. The highest BCUT2D eigenvalue weighted by molar-refractivity contribution is 9.10. The first-order valence-corrected chi connectivity index (χ1v) is 11.2. The predicted octanol–water partition coefficient (Wildman–Crippen LogP) is 3.93. The Labute approximate surface area is 183 Å². The van der Waals surface area contributed by atoms with Crippen molar-refractivity contribution in [3.05, 3.63) is 82.6 Å². The molecule has 1 N–H and O–H groups in total. The standard InChI is InChI=1S/C21H20BrN3O4S/c1-25(14-15-4-3-11-23-13-15)21(26)16-5-10-19(29-2)20(12-16)30(27,28)24-18-8-6-17(22)7-9-18/h3-13,24H,14H2,1-2H3. The molecule has 0 aliphatic heterocycles. The van der Waals surface area contributed by atoms with E-state index in [0.29, 0.717) is 12.2 Å². The van der Waals surface area contributed by atoms with E-state index in [1.54, 1.807) is 55.8 Å². The maximum absolute atomic E-state index is 13.0. The zero-order valence-electron chi connectivity index (χ0n) is 16.4. The minimum atomic E-state index is -3.98. The summed E-state index contributed by atoms with van der Waals surface area (Å²) >= 11 is 3.31. The summed E-state index contributed by atoms with van der Waals surface area (Å²) in [5, 5.41) is 0. The van der Waals surface area contributed by atoms with Crippen LogP contribution in [0.5, 0.6) is 5.75 Å². The van der Waals surface area contributed by atoms with Crippen molar-refractivity contribution >= 4 is 37.5 Å². The van der Waals surface area contributed by atoms with Gasteiger partial charge in [-0.05, 0) is 54.1 Å². The van der Waals surface area contributed by atoms with Crippen molar-refractivity contribution in [2.45, 2.75) is 11.4 Å². The van der Waals surface area contributed by atoms with Crippen molar-refractivity contribution in [3.63, 3.8) is 0 Å². The molecule has 156 valence electrons. The summed E-state index contributed by atoms with van der Waals surface area (Å²) in [5.41, 5.74) is 1.50. The van der Waals surface area contributed by atoms with Gasteiger partial charge < -0.3 is 9.64 Å². The quantitative estimate of drug-likeness (QED) is 0.543. The normalized spacial score (nSPS) is 11.0. The molecular weight excluding hydrogens is 470 g/mol. The Bertz CT molecular complexity index is 1140. The monoisotopic (exact) mass is 489 g/mol. The summed E-state index contributed by atoms with van der Waals surface area (Å²) in [4.78, 5) is 18.3. The second kappa shape index (κ2) is 9.27. The highest BCUT2D eigenvalue weighted by Crippen LogP contribution is 2.28. The molecule has 0 fully saturated rings. The first-order chi connectivity index (χ1) is 14.3. The predicted molar refractivity (Wildman–Crippen MR) is 118 cm³/mol. The molecule has 0 atom stereocenters. The number of ether oxygens (including phenoxy) is 1. The molecule has 30 heavy (non-hydrogen) atoms. The van der Waals surface area contributed by atoms with E-state index in [2.05, 4.69) is 25.6 Å². The highest BCUT2D eigenvalue weighted by atomic mass is 79.9. The highest BCUT2D eigenvalue weighted by Gasteiger charge is 2.23. The molecule has 0 aliphatic rings. The van der Waals surface area contributed by atoms with Crippen LogP contribution in [0.2, 0.25) is 0 Å². The number of benzene rings is 2. The summed E-state index contributed by atoms with van der Waals surface area (Å²) in [5.74, 6) is -0.173. The van der Waals surface area contributed by atoms with Gasteiger partial charge in [0.05, 0.1) is 7.11 Å². The van der Waals surface area contributed by atoms with Crippen LogP contribution in [0.1, 0.15) is 15.9 Å². The number of halogens is 1.